The van der Waals surface area contributed by atoms with Gasteiger partial charge in [0.1, 0.15) is 5.82 Å². The largest absolute Gasteiger partial charge is 0.352 e. The van der Waals surface area contributed by atoms with Gasteiger partial charge in [0, 0.05) is 42.2 Å². The van der Waals surface area contributed by atoms with Crippen LogP contribution < -0.4 is 5.32 Å². The molecule has 2 aromatic carbocycles. The van der Waals surface area contributed by atoms with E-state index in [4.69, 9.17) is 11.6 Å². The standard InChI is InChI=1S/C19H18ClFN2O2/c1-12(24)22-16-8-9-23(11-16)19(25)14-4-2-13(3-5-14)17-7-6-15(20)10-18(17)21/h2-7,10,16H,8-9,11H2,1H3,(H,22,24)/t16-/m0/s1. The Labute approximate surface area is 150 Å². The van der Waals surface area contributed by atoms with Crippen LogP contribution in [-0.4, -0.2) is 35.8 Å². The second kappa shape index (κ2) is 7.23. The summed E-state index contributed by atoms with van der Waals surface area (Å²) in [5.74, 6) is -0.575. The second-order valence-electron chi connectivity index (χ2n) is 6.14. The zero-order valence-electron chi connectivity index (χ0n) is 13.8. The Bertz CT molecular complexity index is 808. The minimum Gasteiger partial charge on any atom is -0.352 e. The fraction of sp³-hybridized carbons (Fsp3) is 0.263. The minimum absolute atomic E-state index is 0.00360. The number of carbonyl (C=O) groups excluding carboxylic acids is 2. The van der Waals surface area contributed by atoms with Gasteiger partial charge in [-0.3, -0.25) is 9.59 Å². The molecular formula is C19H18ClFN2O2. The number of hydrogen-bond acceptors (Lipinski definition) is 2. The molecule has 0 aliphatic carbocycles. The highest BCUT2D eigenvalue weighted by Crippen LogP contribution is 2.26. The van der Waals surface area contributed by atoms with Gasteiger partial charge in [0.2, 0.25) is 5.91 Å². The van der Waals surface area contributed by atoms with E-state index in [0.717, 1.165) is 6.42 Å². The Kier molecular flexibility index (Phi) is 5.04. The van der Waals surface area contributed by atoms with Crippen LogP contribution in [0.25, 0.3) is 11.1 Å². The first-order chi connectivity index (χ1) is 11.9. The second-order valence-corrected chi connectivity index (χ2v) is 6.58. The van der Waals surface area contributed by atoms with Crippen molar-refractivity contribution < 1.29 is 14.0 Å². The molecule has 1 aliphatic rings. The average molecular weight is 361 g/mol. The van der Waals surface area contributed by atoms with Gasteiger partial charge in [-0.2, -0.15) is 0 Å². The maximum Gasteiger partial charge on any atom is 0.253 e. The monoisotopic (exact) mass is 360 g/mol. The average Bonchev–Trinajstić information content (AvgIpc) is 3.02. The molecule has 1 heterocycles. The summed E-state index contributed by atoms with van der Waals surface area (Å²) in [6.45, 7) is 2.59. The van der Waals surface area contributed by atoms with Crippen molar-refractivity contribution in [1.29, 1.82) is 0 Å². The number of amides is 2. The Balaban J connectivity index is 1.72. The van der Waals surface area contributed by atoms with Crippen LogP contribution in [0.2, 0.25) is 5.02 Å². The first-order valence-electron chi connectivity index (χ1n) is 8.06. The number of nitrogens with one attached hydrogen (secondary N) is 1. The maximum absolute atomic E-state index is 14.0. The highest BCUT2D eigenvalue weighted by Gasteiger charge is 2.27. The summed E-state index contributed by atoms with van der Waals surface area (Å²) in [5.41, 5.74) is 1.67. The van der Waals surface area contributed by atoms with Crippen molar-refractivity contribution in [2.24, 2.45) is 0 Å². The molecule has 1 N–H and O–H groups in total. The van der Waals surface area contributed by atoms with Gasteiger partial charge in [0.05, 0.1) is 0 Å². The molecule has 4 nitrogen and oxygen atoms in total. The number of rotatable bonds is 3. The Morgan fingerprint density at radius 2 is 1.92 bits per heavy atom. The lowest BCUT2D eigenvalue weighted by atomic mass is 10.0. The molecule has 0 aromatic heterocycles. The van der Waals surface area contributed by atoms with E-state index in [1.165, 1.54) is 13.0 Å². The smallest absolute Gasteiger partial charge is 0.253 e. The first-order valence-corrected chi connectivity index (χ1v) is 8.43. The molecule has 6 heteroatoms. The minimum atomic E-state index is -0.399. The van der Waals surface area contributed by atoms with Gasteiger partial charge in [-0.15, -0.1) is 0 Å². The van der Waals surface area contributed by atoms with Gasteiger partial charge in [-0.25, -0.2) is 4.39 Å². The van der Waals surface area contributed by atoms with Crippen LogP contribution in [0.5, 0.6) is 0 Å². The van der Waals surface area contributed by atoms with Crippen molar-refractivity contribution in [2.75, 3.05) is 13.1 Å². The lowest BCUT2D eigenvalue weighted by Crippen LogP contribution is -2.37. The summed E-state index contributed by atoms with van der Waals surface area (Å²) in [4.78, 5) is 25.4. The van der Waals surface area contributed by atoms with E-state index in [-0.39, 0.29) is 17.9 Å². The predicted octanol–water partition coefficient (Wildman–Crippen LogP) is 3.50. The third kappa shape index (κ3) is 3.99. The van der Waals surface area contributed by atoms with Crippen LogP contribution in [-0.2, 0) is 4.79 Å². The SMILES string of the molecule is CC(=O)N[C@H]1CCN(C(=O)c2ccc(-c3ccc(Cl)cc3F)cc2)C1. The summed E-state index contributed by atoms with van der Waals surface area (Å²) >= 11 is 5.77. The van der Waals surface area contributed by atoms with Crippen molar-refractivity contribution in [3.8, 4) is 11.1 Å². The molecule has 0 spiro atoms. The lowest BCUT2D eigenvalue weighted by Gasteiger charge is -2.17. The number of benzene rings is 2. The molecule has 1 atom stereocenters. The number of likely N-dealkylation sites (tertiary alicyclic amines) is 1. The summed E-state index contributed by atoms with van der Waals surface area (Å²) in [5, 5.41) is 3.18. The Morgan fingerprint density at radius 3 is 2.56 bits per heavy atom. The van der Waals surface area contributed by atoms with E-state index in [9.17, 15) is 14.0 Å². The van der Waals surface area contributed by atoms with E-state index in [1.54, 1.807) is 41.3 Å². The Morgan fingerprint density at radius 1 is 1.20 bits per heavy atom. The molecule has 3 rings (SSSR count). The number of carbonyl (C=O) groups is 2. The molecular weight excluding hydrogens is 343 g/mol. The summed E-state index contributed by atoms with van der Waals surface area (Å²) in [7, 11) is 0. The third-order valence-corrected chi connectivity index (χ3v) is 4.49. The molecule has 2 aromatic rings. The fourth-order valence-corrected chi connectivity index (χ4v) is 3.21. The maximum atomic E-state index is 14.0. The molecule has 25 heavy (non-hydrogen) atoms. The van der Waals surface area contributed by atoms with Crippen molar-refractivity contribution in [2.45, 2.75) is 19.4 Å². The highest BCUT2D eigenvalue weighted by molar-refractivity contribution is 6.30. The molecule has 0 bridgehead atoms. The van der Waals surface area contributed by atoms with Gasteiger partial charge in [-0.1, -0.05) is 23.7 Å². The van der Waals surface area contributed by atoms with Crippen LogP contribution in [0.3, 0.4) is 0 Å². The van der Waals surface area contributed by atoms with E-state index in [0.29, 0.717) is 34.8 Å². The topological polar surface area (TPSA) is 49.4 Å². The van der Waals surface area contributed by atoms with Crippen LogP contribution in [0.15, 0.2) is 42.5 Å². The van der Waals surface area contributed by atoms with Gasteiger partial charge >= 0.3 is 0 Å². The van der Waals surface area contributed by atoms with Gasteiger partial charge in [-0.05, 0) is 42.3 Å². The van der Waals surface area contributed by atoms with E-state index < -0.39 is 5.82 Å². The number of hydrogen-bond donors (Lipinski definition) is 1. The van der Waals surface area contributed by atoms with Gasteiger partial charge in [0.15, 0.2) is 0 Å². The normalized spacial score (nSPS) is 16.8. The molecule has 0 unspecified atom stereocenters. The summed E-state index contributed by atoms with van der Waals surface area (Å²) in [6, 6.07) is 11.3. The molecule has 1 aliphatic heterocycles. The summed E-state index contributed by atoms with van der Waals surface area (Å²) < 4.78 is 14.0. The molecule has 0 saturated carbocycles. The number of halogens is 2. The fourth-order valence-electron chi connectivity index (χ4n) is 3.05. The van der Waals surface area contributed by atoms with Crippen LogP contribution in [0.1, 0.15) is 23.7 Å². The van der Waals surface area contributed by atoms with Crippen molar-refractivity contribution in [1.82, 2.24) is 10.2 Å². The van der Waals surface area contributed by atoms with E-state index >= 15 is 0 Å². The summed E-state index contributed by atoms with van der Waals surface area (Å²) in [6.07, 6.45) is 0.749. The highest BCUT2D eigenvalue weighted by atomic mass is 35.5. The van der Waals surface area contributed by atoms with E-state index in [1.807, 2.05) is 0 Å². The predicted molar refractivity (Wildman–Crippen MR) is 95.0 cm³/mol. The molecule has 1 saturated heterocycles. The lowest BCUT2D eigenvalue weighted by molar-refractivity contribution is -0.119. The van der Waals surface area contributed by atoms with Crippen LogP contribution in [0, 0.1) is 5.82 Å². The zero-order valence-corrected chi connectivity index (χ0v) is 14.5. The quantitative estimate of drug-likeness (QED) is 0.910. The zero-order chi connectivity index (χ0) is 18.0. The van der Waals surface area contributed by atoms with Crippen molar-refractivity contribution >= 4 is 23.4 Å². The van der Waals surface area contributed by atoms with E-state index in [2.05, 4.69) is 5.32 Å². The van der Waals surface area contributed by atoms with Crippen LogP contribution >= 0.6 is 11.6 Å². The molecule has 2 amide bonds. The first kappa shape index (κ1) is 17.4. The molecule has 0 radical (unpaired) electrons. The third-order valence-electron chi connectivity index (χ3n) is 4.26. The molecule has 130 valence electrons. The van der Waals surface area contributed by atoms with Gasteiger partial charge in [0.25, 0.3) is 5.91 Å². The Hall–Kier alpha value is -2.40. The van der Waals surface area contributed by atoms with Crippen molar-refractivity contribution in [3.63, 3.8) is 0 Å². The van der Waals surface area contributed by atoms with Crippen LogP contribution in [0.4, 0.5) is 4.39 Å². The van der Waals surface area contributed by atoms with Crippen molar-refractivity contribution in [3.05, 3.63) is 58.9 Å². The van der Waals surface area contributed by atoms with Gasteiger partial charge < -0.3 is 10.2 Å². The molecule has 1 fully saturated rings. The number of nitrogens with zero attached hydrogens (tertiary/aromatic N) is 1.